The van der Waals surface area contributed by atoms with Gasteiger partial charge in [0.1, 0.15) is 0 Å². The third kappa shape index (κ3) is 4.73. The largest absolute Gasteiger partial charge is 0.454 e. The smallest absolute Gasteiger partial charge is 0.244 e. The fourth-order valence-electron chi connectivity index (χ4n) is 3.93. The van der Waals surface area contributed by atoms with Crippen molar-refractivity contribution >= 4 is 17.7 Å². The second-order valence-corrected chi connectivity index (χ2v) is 7.96. The lowest BCUT2D eigenvalue weighted by Crippen LogP contribution is -2.34. The van der Waals surface area contributed by atoms with Crippen molar-refractivity contribution in [2.24, 2.45) is 5.92 Å². The van der Waals surface area contributed by atoms with Crippen LogP contribution in [0.15, 0.2) is 48.5 Å². The molecule has 0 aromatic heterocycles. The van der Waals surface area contributed by atoms with Crippen LogP contribution in [0.25, 0.3) is 6.08 Å². The fraction of sp³-hybridized carbons (Fsp3) is 0.375. The Kier molecular flexibility index (Phi) is 5.74. The number of benzene rings is 2. The number of rotatable bonds is 5. The molecule has 4 rings (SSSR count). The topological polar surface area (TPSA) is 50.8 Å². The van der Waals surface area contributed by atoms with Crippen molar-refractivity contribution in [3.05, 3.63) is 59.7 Å². The lowest BCUT2D eigenvalue weighted by Gasteiger charge is -2.33. The molecule has 1 N–H and O–H groups in total. The number of nitrogens with one attached hydrogen (secondary N) is 1. The van der Waals surface area contributed by atoms with Gasteiger partial charge < -0.3 is 19.7 Å². The van der Waals surface area contributed by atoms with E-state index in [0.29, 0.717) is 5.75 Å². The molecule has 29 heavy (non-hydrogen) atoms. The number of anilines is 1. The van der Waals surface area contributed by atoms with E-state index < -0.39 is 0 Å². The highest BCUT2D eigenvalue weighted by Crippen LogP contribution is 2.32. The standard InChI is InChI=1S/C24H28N2O3/c1-17-4-3-13-26(15-17)21-9-7-20(8-10-21)18(2)25-24(27)12-6-19-5-11-22-23(14-19)29-16-28-22/h5-12,14,17-18H,3-4,13,15-16H2,1-2H3,(H,25,27)/b12-6+/t17-,18-/m0/s1. The molecule has 0 unspecified atom stereocenters. The summed E-state index contributed by atoms with van der Waals surface area (Å²) in [6.45, 7) is 6.81. The summed E-state index contributed by atoms with van der Waals surface area (Å²) in [6.07, 6.45) is 5.91. The Bertz CT molecular complexity index is 891. The van der Waals surface area contributed by atoms with Gasteiger partial charge in [-0.3, -0.25) is 4.79 Å². The van der Waals surface area contributed by atoms with Gasteiger partial charge in [0.2, 0.25) is 12.7 Å². The highest BCUT2D eigenvalue weighted by Gasteiger charge is 2.17. The van der Waals surface area contributed by atoms with E-state index in [9.17, 15) is 4.79 Å². The van der Waals surface area contributed by atoms with Gasteiger partial charge in [-0.2, -0.15) is 0 Å². The number of nitrogens with zero attached hydrogens (tertiary/aromatic N) is 1. The Morgan fingerprint density at radius 3 is 2.76 bits per heavy atom. The summed E-state index contributed by atoms with van der Waals surface area (Å²) < 4.78 is 10.7. The van der Waals surface area contributed by atoms with Crippen molar-refractivity contribution in [2.75, 3.05) is 24.8 Å². The first-order valence-electron chi connectivity index (χ1n) is 10.3. The Morgan fingerprint density at radius 2 is 1.97 bits per heavy atom. The molecule has 1 fully saturated rings. The quantitative estimate of drug-likeness (QED) is 0.759. The SMILES string of the molecule is C[C@H]1CCCN(c2ccc([C@H](C)NC(=O)/C=C/c3ccc4c(c3)OCO4)cc2)C1. The molecule has 2 aliphatic rings. The molecule has 2 atom stereocenters. The van der Waals surface area contributed by atoms with Gasteiger partial charge in [0.25, 0.3) is 0 Å². The van der Waals surface area contributed by atoms with E-state index in [-0.39, 0.29) is 18.7 Å². The van der Waals surface area contributed by atoms with E-state index >= 15 is 0 Å². The second kappa shape index (κ2) is 8.60. The zero-order valence-electron chi connectivity index (χ0n) is 17.1. The van der Waals surface area contributed by atoms with Crippen molar-refractivity contribution < 1.29 is 14.3 Å². The molecular formula is C24H28N2O3. The van der Waals surface area contributed by atoms with Gasteiger partial charge in [-0.25, -0.2) is 0 Å². The predicted octanol–water partition coefficient (Wildman–Crippen LogP) is 4.54. The van der Waals surface area contributed by atoms with Gasteiger partial charge in [0, 0.05) is 24.9 Å². The Morgan fingerprint density at radius 1 is 1.17 bits per heavy atom. The van der Waals surface area contributed by atoms with Crippen molar-refractivity contribution in [3.63, 3.8) is 0 Å². The summed E-state index contributed by atoms with van der Waals surface area (Å²) in [5, 5.41) is 3.03. The van der Waals surface area contributed by atoms with E-state index in [1.807, 2.05) is 25.1 Å². The van der Waals surface area contributed by atoms with Crippen LogP contribution in [0, 0.1) is 5.92 Å². The summed E-state index contributed by atoms with van der Waals surface area (Å²) in [6, 6.07) is 14.1. The third-order valence-electron chi connectivity index (χ3n) is 5.60. The van der Waals surface area contributed by atoms with E-state index in [0.717, 1.165) is 35.9 Å². The van der Waals surface area contributed by atoms with Gasteiger partial charge in [-0.15, -0.1) is 0 Å². The minimum Gasteiger partial charge on any atom is -0.454 e. The van der Waals surface area contributed by atoms with Crippen LogP contribution in [0.4, 0.5) is 5.69 Å². The number of amides is 1. The summed E-state index contributed by atoms with van der Waals surface area (Å²) in [5.74, 6) is 2.08. The number of fused-ring (bicyclic) bond motifs is 1. The van der Waals surface area contributed by atoms with Gasteiger partial charge in [-0.05, 0) is 67.2 Å². The maximum absolute atomic E-state index is 12.3. The first-order chi connectivity index (χ1) is 14.1. The first-order valence-corrected chi connectivity index (χ1v) is 10.3. The lowest BCUT2D eigenvalue weighted by atomic mass is 9.99. The van der Waals surface area contributed by atoms with Gasteiger partial charge >= 0.3 is 0 Å². The minimum absolute atomic E-state index is 0.0572. The molecule has 0 bridgehead atoms. The van der Waals surface area contributed by atoms with Crippen LogP contribution < -0.4 is 19.7 Å². The fourth-order valence-corrected chi connectivity index (χ4v) is 3.93. The summed E-state index contributed by atoms with van der Waals surface area (Å²) in [4.78, 5) is 14.8. The van der Waals surface area contributed by atoms with E-state index in [4.69, 9.17) is 9.47 Å². The maximum atomic E-state index is 12.3. The molecule has 0 saturated carbocycles. The Balaban J connectivity index is 1.33. The number of ether oxygens (including phenoxy) is 2. The molecule has 1 amide bonds. The number of hydrogen-bond acceptors (Lipinski definition) is 4. The van der Waals surface area contributed by atoms with Gasteiger partial charge in [0.05, 0.1) is 6.04 Å². The third-order valence-corrected chi connectivity index (χ3v) is 5.60. The summed E-state index contributed by atoms with van der Waals surface area (Å²) in [5.41, 5.74) is 3.27. The van der Waals surface area contributed by atoms with E-state index in [2.05, 4.69) is 41.4 Å². The summed E-state index contributed by atoms with van der Waals surface area (Å²) >= 11 is 0. The molecule has 5 heteroatoms. The zero-order chi connectivity index (χ0) is 20.2. The predicted molar refractivity (Wildman–Crippen MR) is 115 cm³/mol. The molecule has 152 valence electrons. The molecule has 2 aromatic rings. The van der Waals surface area contributed by atoms with Crippen LogP contribution in [0.5, 0.6) is 11.5 Å². The number of carbonyl (C=O) groups is 1. The van der Waals surface area contributed by atoms with Crippen molar-refractivity contribution in [2.45, 2.75) is 32.7 Å². The Labute approximate surface area is 172 Å². The number of hydrogen-bond donors (Lipinski definition) is 1. The van der Waals surface area contributed by atoms with Crippen LogP contribution in [0.2, 0.25) is 0 Å². The molecule has 2 aromatic carbocycles. The minimum atomic E-state index is -0.121. The Hall–Kier alpha value is -2.95. The van der Waals surface area contributed by atoms with Crippen molar-refractivity contribution in [1.82, 2.24) is 5.32 Å². The normalized spacial score (nSPS) is 19.4. The van der Waals surface area contributed by atoms with Crippen molar-refractivity contribution in [3.8, 4) is 11.5 Å². The van der Waals surface area contributed by atoms with Crippen LogP contribution in [-0.4, -0.2) is 25.8 Å². The van der Waals surface area contributed by atoms with E-state index in [1.165, 1.54) is 18.5 Å². The van der Waals surface area contributed by atoms with Crippen LogP contribution in [0.1, 0.15) is 43.9 Å². The second-order valence-electron chi connectivity index (χ2n) is 7.96. The molecule has 0 spiro atoms. The number of piperidine rings is 1. The van der Waals surface area contributed by atoms with Gasteiger partial charge in [0.15, 0.2) is 11.5 Å². The zero-order valence-corrected chi connectivity index (χ0v) is 17.1. The molecule has 0 radical (unpaired) electrons. The molecule has 5 nitrogen and oxygen atoms in total. The molecule has 1 saturated heterocycles. The molecule has 2 heterocycles. The molecule has 2 aliphatic heterocycles. The van der Waals surface area contributed by atoms with Crippen LogP contribution in [-0.2, 0) is 4.79 Å². The lowest BCUT2D eigenvalue weighted by molar-refractivity contribution is -0.117. The average molecular weight is 392 g/mol. The highest BCUT2D eigenvalue weighted by molar-refractivity contribution is 5.92. The monoisotopic (exact) mass is 392 g/mol. The molecule has 0 aliphatic carbocycles. The first kappa shape index (κ1) is 19.4. The van der Waals surface area contributed by atoms with Crippen molar-refractivity contribution in [1.29, 1.82) is 0 Å². The van der Waals surface area contributed by atoms with Crippen LogP contribution in [0.3, 0.4) is 0 Å². The van der Waals surface area contributed by atoms with Crippen LogP contribution >= 0.6 is 0 Å². The highest BCUT2D eigenvalue weighted by atomic mass is 16.7. The maximum Gasteiger partial charge on any atom is 0.244 e. The summed E-state index contributed by atoms with van der Waals surface area (Å²) in [7, 11) is 0. The molecular weight excluding hydrogens is 364 g/mol. The van der Waals surface area contributed by atoms with Gasteiger partial charge in [-0.1, -0.05) is 25.1 Å². The average Bonchev–Trinajstić information content (AvgIpc) is 3.20. The number of carbonyl (C=O) groups excluding carboxylic acids is 1. The van der Waals surface area contributed by atoms with E-state index in [1.54, 1.807) is 12.2 Å².